The fourth-order valence-corrected chi connectivity index (χ4v) is 9.56. The summed E-state index contributed by atoms with van der Waals surface area (Å²) in [5.41, 5.74) is -5.07. The molecule has 4 aliphatic rings. The van der Waals surface area contributed by atoms with Crippen LogP contribution in [-0.2, 0) is 36.9 Å². The van der Waals surface area contributed by atoms with Crippen LogP contribution in [0.3, 0.4) is 0 Å². The van der Waals surface area contributed by atoms with E-state index in [-0.39, 0.29) is 46.7 Å². The number of rotatable bonds is 5. The number of hydrogen-bond donors (Lipinski definition) is 1. The second-order valence-corrected chi connectivity index (χ2v) is 14.7. The van der Waals surface area contributed by atoms with Crippen molar-refractivity contribution in [2.45, 2.75) is 36.5 Å². The first-order valence-electron chi connectivity index (χ1n) is 17.4. The molecule has 6 atom stereocenters. The minimum Gasteiger partial charge on any atom is -0.508 e. The molecule has 15 heteroatoms. The van der Waals surface area contributed by atoms with Gasteiger partial charge in [0, 0.05) is 16.5 Å². The number of allylic oxidation sites excluding steroid dienone is 2. The Morgan fingerprint density at radius 2 is 1.41 bits per heavy atom. The first kappa shape index (κ1) is 37.3. The van der Waals surface area contributed by atoms with E-state index in [1.54, 1.807) is 54.6 Å². The third kappa shape index (κ3) is 5.43. The monoisotopic (exact) mass is 794 g/mol. The molecule has 2 aliphatic carbocycles. The second kappa shape index (κ2) is 13.0. The molecule has 8 nitrogen and oxygen atoms in total. The molecule has 0 unspecified atom stereocenters. The molecule has 56 heavy (non-hydrogen) atoms. The quantitative estimate of drug-likeness (QED) is 0.124. The van der Waals surface area contributed by atoms with Crippen LogP contribution in [0.1, 0.15) is 41.0 Å². The second-order valence-electron chi connectivity index (χ2n) is 14.3. The Balaban J connectivity index is 1.35. The number of anilines is 2. The zero-order valence-corrected chi connectivity index (χ0v) is 29.8. The maximum atomic E-state index is 15.4. The van der Waals surface area contributed by atoms with E-state index in [0.29, 0.717) is 28.2 Å². The standard InChI is InChI=1S/C41H29ClF6N2O6/c1-56-31-12-6-11-30(51)33(31)34-26-13-14-27-32(37(54)49(35(27)52)25-16-21(40(43,44)45)15-22(17-25)41(46,47)48)28(26)19-29-36(53)50(24-10-5-9-23(42)18-24)38(55)39(29,34)20-7-3-2-4-8-20/h2-13,15-18,27-29,32,34,51H,14,19H2,1H3/t27-,28+,29-,32-,34+,39+/m0/s1. The molecule has 3 fully saturated rings. The molecule has 0 spiro atoms. The lowest BCUT2D eigenvalue weighted by Crippen LogP contribution is -2.53. The molecule has 2 heterocycles. The van der Waals surface area contributed by atoms with Gasteiger partial charge in [0.05, 0.1) is 52.8 Å². The van der Waals surface area contributed by atoms with Crippen molar-refractivity contribution in [3.8, 4) is 11.5 Å². The average molecular weight is 795 g/mol. The van der Waals surface area contributed by atoms with Gasteiger partial charge in [0.1, 0.15) is 11.5 Å². The number of methoxy groups -OCH3 is 1. The number of amides is 4. The number of carbonyl (C=O) groups is 4. The molecule has 4 aromatic carbocycles. The Morgan fingerprint density at radius 3 is 2.04 bits per heavy atom. The number of benzene rings is 4. The van der Waals surface area contributed by atoms with E-state index >= 15 is 4.79 Å². The molecule has 1 N–H and O–H groups in total. The summed E-state index contributed by atoms with van der Waals surface area (Å²) < 4.78 is 89.2. The fraction of sp³-hybridized carbons (Fsp3) is 0.268. The minimum absolute atomic E-state index is 0.0930. The van der Waals surface area contributed by atoms with E-state index in [2.05, 4.69) is 0 Å². The topological polar surface area (TPSA) is 104 Å². The summed E-state index contributed by atoms with van der Waals surface area (Å²) >= 11 is 6.33. The third-order valence-corrected chi connectivity index (χ3v) is 11.8. The van der Waals surface area contributed by atoms with Gasteiger partial charge < -0.3 is 9.84 Å². The van der Waals surface area contributed by atoms with Crippen LogP contribution >= 0.6 is 11.6 Å². The maximum Gasteiger partial charge on any atom is 0.416 e. The summed E-state index contributed by atoms with van der Waals surface area (Å²) in [6.45, 7) is 0. The average Bonchev–Trinajstić information content (AvgIpc) is 3.55. The van der Waals surface area contributed by atoms with E-state index in [4.69, 9.17) is 16.3 Å². The number of ether oxygens (including phenoxy) is 1. The first-order chi connectivity index (χ1) is 26.5. The smallest absolute Gasteiger partial charge is 0.416 e. The summed E-state index contributed by atoms with van der Waals surface area (Å²) in [4.78, 5) is 60.2. The number of aromatic hydroxyl groups is 1. The van der Waals surface area contributed by atoms with Gasteiger partial charge in [-0.05, 0) is 72.9 Å². The fourth-order valence-electron chi connectivity index (χ4n) is 9.38. The van der Waals surface area contributed by atoms with Crippen LogP contribution in [0.5, 0.6) is 11.5 Å². The summed E-state index contributed by atoms with van der Waals surface area (Å²) in [5.74, 6) is -9.72. The van der Waals surface area contributed by atoms with E-state index in [0.717, 1.165) is 4.90 Å². The van der Waals surface area contributed by atoms with Crippen LogP contribution < -0.4 is 14.5 Å². The number of halogens is 7. The Hall–Kier alpha value is -5.63. The Labute approximate surface area is 319 Å². The first-order valence-corrected chi connectivity index (χ1v) is 17.8. The number of alkyl halides is 6. The van der Waals surface area contributed by atoms with Gasteiger partial charge >= 0.3 is 12.4 Å². The van der Waals surface area contributed by atoms with Crippen molar-refractivity contribution >= 4 is 46.6 Å². The molecular formula is C41H29ClF6N2O6. The van der Waals surface area contributed by atoms with Crippen molar-refractivity contribution < 1.29 is 55.4 Å². The minimum atomic E-state index is -5.25. The van der Waals surface area contributed by atoms with Crippen LogP contribution in [0.4, 0.5) is 37.7 Å². The predicted octanol–water partition coefficient (Wildman–Crippen LogP) is 8.46. The van der Waals surface area contributed by atoms with Crippen molar-refractivity contribution in [1.29, 1.82) is 0 Å². The van der Waals surface area contributed by atoms with Crippen molar-refractivity contribution in [2.75, 3.05) is 16.9 Å². The molecule has 0 bridgehead atoms. The highest BCUT2D eigenvalue weighted by atomic mass is 35.5. The molecule has 2 saturated heterocycles. The number of fused-ring (bicyclic) bond motifs is 4. The maximum absolute atomic E-state index is 15.4. The molecule has 4 amide bonds. The van der Waals surface area contributed by atoms with Crippen LogP contribution in [0.25, 0.3) is 0 Å². The number of nitrogens with zero attached hydrogens (tertiary/aromatic N) is 2. The normalized spacial score (nSPS) is 26.2. The summed E-state index contributed by atoms with van der Waals surface area (Å²) in [5, 5.41) is 11.9. The third-order valence-electron chi connectivity index (χ3n) is 11.5. The van der Waals surface area contributed by atoms with E-state index < -0.39 is 87.8 Å². The Morgan fingerprint density at radius 1 is 0.750 bits per heavy atom. The summed E-state index contributed by atoms with van der Waals surface area (Å²) in [7, 11) is 1.34. The summed E-state index contributed by atoms with van der Waals surface area (Å²) in [6.07, 6.45) is -9.28. The molecular weight excluding hydrogens is 766 g/mol. The Bertz CT molecular complexity index is 2330. The van der Waals surface area contributed by atoms with Gasteiger partial charge in [0.15, 0.2) is 0 Å². The molecule has 2 aliphatic heterocycles. The van der Waals surface area contributed by atoms with Gasteiger partial charge in [-0.15, -0.1) is 0 Å². The van der Waals surface area contributed by atoms with E-state index in [1.165, 1.54) is 31.4 Å². The molecule has 1 saturated carbocycles. The van der Waals surface area contributed by atoms with Crippen molar-refractivity contribution in [3.05, 3.63) is 130 Å². The SMILES string of the molecule is COc1cccc(O)c1[C@H]1C2=CC[C@@H]3C(=O)N(c4cc(C(F)(F)F)cc(C(F)(F)F)c4)C(=O)[C@@H]3[C@@H]2C[C@H]2C(=O)N(c3cccc(Cl)c3)C(=O)[C@@]12c1ccccc1. The molecule has 4 aromatic rings. The van der Waals surface area contributed by atoms with Crippen molar-refractivity contribution in [3.63, 3.8) is 0 Å². The largest absolute Gasteiger partial charge is 0.508 e. The van der Waals surface area contributed by atoms with Gasteiger partial charge in [-0.3, -0.25) is 19.2 Å². The molecule has 288 valence electrons. The number of carbonyl (C=O) groups excluding carboxylic acids is 4. The zero-order chi connectivity index (χ0) is 40.1. The number of imide groups is 2. The predicted molar refractivity (Wildman–Crippen MR) is 190 cm³/mol. The van der Waals surface area contributed by atoms with Crippen molar-refractivity contribution in [1.82, 2.24) is 0 Å². The van der Waals surface area contributed by atoms with Crippen LogP contribution in [0.15, 0.2) is 103 Å². The lowest BCUT2D eigenvalue weighted by Gasteiger charge is -2.51. The number of phenols is 1. The number of phenolic OH excluding ortho intramolecular Hbond substituents is 1. The highest BCUT2D eigenvalue weighted by molar-refractivity contribution is 6.32. The zero-order valence-electron chi connectivity index (χ0n) is 29.1. The molecule has 0 aromatic heterocycles. The summed E-state index contributed by atoms with van der Waals surface area (Å²) in [6, 6.07) is 19.5. The lowest BCUT2D eigenvalue weighted by molar-refractivity contribution is -0.143. The Kier molecular flexibility index (Phi) is 8.64. The van der Waals surface area contributed by atoms with Crippen molar-refractivity contribution in [2.24, 2.45) is 23.7 Å². The highest BCUT2D eigenvalue weighted by Crippen LogP contribution is 2.66. The number of hydrogen-bond acceptors (Lipinski definition) is 6. The van der Waals surface area contributed by atoms with E-state index in [9.17, 15) is 45.8 Å². The van der Waals surface area contributed by atoms with Gasteiger partial charge in [0.2, 0.25) is 23.6 Å². The van der Waals surface area contributed by atoms with Crippen LogP contribution in [0, 0.1) is 23.7 Å². The lowest BCUT2D eigenvalue weighted by atomic mass is 9.49. The van der Waals surface area contributed by atoms with Gasteiger partial charge in [-0.1, -0.05) is 65.7 Å². The molecule has 8 rings (SSSR count). The van der Waals surface area contributed by atoms with Crippen LogP contribution in [-0.4, -0.2) is 35.8 Å². The van der Waals surface area contributed by atoms with Crippen LogP contribution in [0.2, 0.25) is 5.02 Å². The molecule has 0 radical (unpaired) electrons. The highest BCUT2D eigenvalue weighted by Gasteiger charge is 2.71. The van der Waals surface area contributed by atoms with Gasteiger partial charge in [-0.25, -0.2) is 9.80 Å². The van der Waals surface area contributed by atoms with Gasteiger partial charge in [0.25, 0.3) is 0 Å². The van der Waals surface area contributed by atoms with E-state index in [1.807, 2.05) is 0 Å². The van der Waals surface area contributed by atoms with Gasteiger partial charge in [-0.2, -0.15) is 26.3 Å².